The minimum atomic E-state index is -0.302. The molecular weight excluding hydrogens is 431 g/mol. The number of amides is 1. The number of carbonyl (C=O) groups is 1. The Kier molecular flexibility index (Phi) is 7.25. The van der Waals surface area contributed by atoms with Crippen molar-refractivity contribution in [1.82, 2.24) is 9.97 Å². The Labute approximate surface area is 199 Å². The average molecular weight is 463 g/mol. The van der Waals surface area contributed by atoms with Gasteiger partial charge >= 0.3 is 0 Å². The van der Waals surface area contributed by atoms with Crippen LogP contribution in [0.3, 0.4) is 0 Å². The van der Waals surface area contributed by atoms with E-state index in [1.807, 2.05) is 18.2 Å². The molecule has 34 heavy (non-hydrogen) atoms. The van der Waals surface area contributed by atoms with Crippen molar-refractivity contribution < 1.29 is 9.18 Å². The molecule has 3 N–H and O–H groups in total. The van der Waals surface area contributed by atoms with Crippen molar-refractivity contribution in [2.24, 2.45) is 5.92 Å². The summed E-state index contributed by atoms with van der Waals surface area (Å²) in [5.74, 6) is 0.690. The molecule has 7 nitrogen and oxygen atoms in total. The minimum Gasteiger partial charge on any atom is -0.371 e. The lowest BCUT2D eigenvalue weighted by Crippen LogP contribution is -2.17. The number of nitrogens with one attached hydrogen (secondary N) is 3. The summed E-state index contributed by atoms with van der Waals surface area (Å²) in [5, 5.41) is 9.32. The first-order valence-corrected chi connectivity index (χ1v) is 11.7. The summed E-state index contributed by atoms with van der Waals surface area (Å²) >= 11 is 0. The highest BCUT2D eigenvalue weighted by atomic mass is 19.1. The molecule has 1 fully saturated rings. The predicted molar refractivity (Wildman–Crippen MR) is 136 cm³/mol. The van der Waals surface area contributed by atoms with E-state index in [1.165, 1.54) is 6.07 Å². The van der Waals surface area contributed by atoms with E-state index in [2.05, 4.69) is 44.7 Å². The zero-order valence-corrected chi connectivity index (χ0v) is 19.9. The Morgan fingerprint density at radius 1 is 1.03 bits per heavy atom. The number of carbonyl (C=O) groups excluding carboxylic acids is 1. The van der Waals surface area contributed by atoms with Crippen molar-refractivity contribution in [2.45, 2.75) is 33.6 Å². The number of pyridine rings is 2. The molecule has 0 spiro atoms. The van der Waals surface area contributed by atoms with Crippen LogP contribution in [0.1, 0.15) is 42.7 Å². The fraction of sp³-hybridized carbons (Fsp3) is 0.346. The summed E-state index contributed by atoms with van der Waals surface area (Å²) in [6.45, 7) is 8.73. The van der Waals surface area contributed by atoms with Gasteiger partial charge in [0, 0.05) is 31.0 Å². The molecule has 2 aromatic heterocycles. The molecule has 3 heterocycles. The largest absolute Gasteiger partial charge is 0.371 e. The fourth-order valence-corrected chi connectivity index (χ4v) is 3.88. The summed E-state index contributed by atoms with van der Waals surface area (Å²) in [6.07, 6.45) is 5.50. The van der Waals surface area contributed by atoms with Crippen LogP contribution in [0.5, 0.6) is 0 Å². The summed E-state index contributed by atoms with van der Waals surface area (Å²) in [7, 11) is 0. The van der Waals surface area contributed by atoms with Gasteiger partial charge in [0.05, 0.1) is 35.0 Å². The molecule has 1 aliphatic rings. The van der Waals surface area contributed by atoms with E-state index in [-0.39, 0.29) is 11.7 Å². The zero-order chi connectivity index (χ0) is 24.1. The quantitative estimate of drug-likeness (QED) is 0.405. The third-order valence-electron chi connectivity index (χ3n) is 5.69. The van der Waals surface area contributed by atoms with Gasteiger partial charge in [0.1, 0.15) is 11.6 Å². The van der Waals surface area contributed by atoms with E-state index in [0.29, 0.717) is 34.2 Å². The summed E-state index contributed by atoms with van der Waals surface area (Å²) in [6, 6.07) is 10.3. The first-order valence-electron chi connectivity index (χ1n) is 11.7. The van der Waals surface area contributed by atoms with Crippen LogP contribution in [0.4, 0.5) is 33.0 Å². The maximum Gasteiger partial charge on any atom is 0.257 e. The first kappa shape index (κ1) is 23.5. The lowest BCUT2D eigenvalue weighted by atomic mass is 10.1. The molecule has 0 unspecified atom stereocenters. The number of rotatable bonds is 8. The highest BCUT2D eigenvalue weighted by Crippen LogP contribution is 2.27. The van der Waals surface area contributed by atoms with Gasteiger partial charge in [-0.05, 0) is 62.1 Å². The second-order valence-corrected chi connectivity index (χ2v) is 9.04. The lowest BCUT2D eigenvalue weighted by molar-refractivity contribution is 0.102. The number of hydrogen-bond donors (Lipinski definition) is 3. The number of aryl methyl sites for hydroxylation is 1. The molecule has 178 valence electrons. The molecule has 8 heteroatoms. The van der Waals surface area contributed by atoms with Crippen molar-refractivity contribution in [2.75, 3.05) is 40.5 Å². The number of halogens is 1. The Morgan fingerprint density at radius 3 is 2.50 bits per heavy atom. The molecule has 1 saturated heterocycles. The maximum atomic E-state index is 14.3. The highest BCUT2D eigenvalue weighted by molar-refractivity contribution is 6.05. The number of benzene rings is 1. The van der Waals surface area contributed by atoms with E-state index < -0.39 is 0 Å². The van der Waals surface area contributed by atoms with Gasteiger partial charge < -0.3 is 20.9 Å². The summed E-state index contributed by atoms with van der Waals surface area (Å²) in [5.41, 5.74) is 3.72. The molecule has 0 saturated carbocycles. The number of aromatic nitrogens is 2. The van der Waals surface area contributed by atoms with Crippen molar-refractivity contribution in [3.63, 3.8) is 0 Å². The Bertz CT molecular complexity index is 1140. The van der Waals surface area contributed by atoms with E-state index in [4.69, 9.17) is 0 Å². The molecule has 1 amide bonds. The number of anilines is 5. The second-order valence-electron chi connectivity index (χ2n) is 9.04. The molecule has 1 aliphatic heterocycles. The van der Waals surface area contributed by atoms with Crippen molar-refractivity contribution in [3.8, 4) is 0 Å². The molecule has 3 aromatic rings. The van der Waals surface area contributed by atoms with Crippen LogP contribution in [0.2, 0.25) is 0 Å². The van der Waals surface area contributed by atoms with Crippen LogP contribution in [0.15, 0.2) is 48.8 Å². The smallest absolute Gasteiger partial charge is 0.257 e. The lowest BCUT2D eigenvalue weighted by Gasteiger charge is -2.19. The second kappa shape index (κ2) is 10.5. The van der Waals surface area contributed by atoms with E-state index in [1.54, 1.807) is 31.5 Å². The normalized spacial score (nSPS) is 13.3. The fourth-order valence-electron chi connectivity index (χ4n) is 3.88. The van der Waals surface area contributed by atoms with E-state index in [0.717, 1.165) is 44.0 Å². The Hall–Kier alpha value is -3.68. The predicted octanol–water partition coefficient (Wildman–Crippen LogP) is 5.59. The van der Waals surface area contributed by atoms with Crippen LogP contribution in [-0.2, 0) is 0 Å². The van der Waals surface area contributed by atoms with Gasteiger partial charge in [-0.2, -0.15) is 0 Å². The van der Waals surface area contributed by atoms with E-state index in [9.17, 15) is 9.18 Å². The van der Waals surface area contributed by atoms with Crippen LogP contribution < -0.4 is 20.9 Å². The third-order valence-corrected chi connectivity index (χ3v) is 5.69. The summed E-state index contributed by atoms with van der Waals surface area (Å²) in [4.78, 5) is 23.8. The first-order chi connectivity index (χ1) is 16.4. The molecular formula is C26H31FN6O. The van der Waals surface area contributed by atoms with Gasteiger partial charge in [-0.1, -0.05) is 13.8 Å². The van der Waals surface area contributed by atoms with Crippen LogP contribution in [-0.4, -0.2) is 35.5 Å². The van der Waals surface area contributed by atoms with Gasteiger partial charge in [-0.25, -0.2) is 9.37 Å². The maximum absolute atomic E-state index is 14.3. The third kappa shape index (κ3) is 6.01. The van der Waals surface area contributed by atoms with Gasteiger partial charge in [0.2, 0.25) is 0 Å². The van der Waals surface area contributed by atoms with Crippen molar-refractivity contribution >= 4 is 34.5 Å². The standard InChI is InChI=1S/C26H31FN6O/c1-17(2)14-29-25-7-6-20(15-30-25)32-26(34)24-13-22(16-28-18(24)3)31-21-10-19(27)11-23(12-21)33-8-4-5-9-33/h6-7,10-13,15-17,31H,4-5,8-9,14H2,1-3H3,(H,29,30)(H,32,34). The molecule has 0 aliphatic carbocycles. The van der Waals surface area contributed by atoms with Gasteiger partial charge in [0.15, 0.2) is 0 Å². The molecule has 1 aromatic carbocycles. The zero-order valence-electron chi connectivity index (χ0n) is 19.9. The molecule has 0 radical (unpaired) electrons. The van der Waals surface area contributed by atoms with Crippen LogP contribution in [0.25, 0.3) is 0 Å². The van der Waals surface area contributed by atoms with Gasteiger partial charge in [0.25, 0.3) is 5.91 Å². The Morgan fingerprint density at radius 2 is 1.79 bits per heavy atom. The topological polar surface area (TPSA) is 82.2 Å². The summed E-state index contributed by atoms with van der Waals surface area (Å²) < 4.78 is 14.3. The highest BCUT2D eigenvalue weighted by Gasteiger charge is 2.15. The average Bonchev–Trinajstić information content (AvgIpc) is 3.34. The number of nitrogens with zero attached hydrogens (tertiary/aromatic N) is 3. The van der Waals surface area contributed by atoms with Crippen molar-refractivity contribution in [1.29, 1.82) is 0 Å². The Balaban J connectivity index is 1.46. The molecule has 0 atom stereocenters. The number of hydrogen-bond acceptors (Lipinski definition) is 6. The van der Waals surface area contributed by atoms with Crippen molar-refractivity contribution in [3.05, 3.63) is 65.9 Å². The SMILES string of the molecule is Cc1ncc(Nc2cc(F)cc(N3CCCC3)c2)cc1C(=O)Nc1ccc(NCC(C)C)nc1. The van der Waals surface area contributed by atoms with Crippen LogP contribution >= 0.6 is 0 Å². The van der Waals surface area contributed by atoms with Gasteiger partial charge in [-0.3, -0.25) is 9.78 Å². The monoisotopic (exact) mass is 462 g/mol. The minimum absolute atomic E-state index is 0.282. The molecule has 4 rings (SSSR count). The van der Waals surface area contributed by atoms with E-state index >= 15 is 0 Å². The van der Waals surface area contributed by atoms with Gasteiger partial charge in [-0.15, -0.1) is 0 Å². The van der Waals surface area contributed by atoms with Crippen LogP contribution in [0, 0.1) is 18.7 Å². The molecule has 0 bridgehead atoms.